The molecule has 0 saturated heterocycles. The number of aromatic nitrogens is 1. The molecule has 0 spiro atoms. The van der Waals surface area contributed by atoms with Gasteiger partial charge in [0.1, 0.15) is 0 Å². The van der Waals surface area contributed by atoms with Crippen molar-refractivity contribution in [1.82, 2.24) is 15.2 Å². The average Bonchev–Trinajstić information content (AvgIpc) is 2.87. The van der Waals surface area contributed by atoms with Crippen LogP contribution in [0, 0.1) is 0 Å². The molecular formula is C18H17N3O3. The van der Waals surface area contributed by atoms with Gasteiger partial charge in [-0.3, -0.25) is 24.3 Å². The molecule has 6 heteroatoms. The number of hydrogen-bond donors (Lipinski definition) is 1. The van der Waals surface area contributed by atoms with E-state index in [-0.39, 0.29) is 17.7 Å². The molecule has 0 fully saturated rings. The maximum Gasteiger partial charge on any atom is 0.261 e. The SMILES string of the molecule is O=C(NCCCCN1C(=O)c2ccccc2C1=O)c1cccnc1. The van der Waals surface area contributed by atoms with Gasteiger partial charge in [0.2, 0.25) is 0 Å². The lowest BCUT2D eigenvalue weighted by Gasteiger charge is -2.13. The number of benzene rings is 1. The Balaban J connectivity index is 1.44. The van der Waals surface area contributed by atoms with Crippen molar-refractivity contribution in [2.75, 3.05) is 13.1 Å². The van der Waals surface area contributed by atoms with E-state index in [4.69, 9.17) is 0 Å². The number of unbranched alkanes of at least 4 members (excludes halogenated alkanes) is 1. The van der Waals surface area contributed by atoms with Crippen LogP contribution in [0.15, 0.2) is 48.8 Å². The van der Waals surface area contributed by atoms with Crippen LogP contribution in [0.3, 0.4) is 0 Å². The van der Waals surface area contributed by atoms with Crippen LogP contribution in [0.1, 0.15) is 43.9 Å². The zero-order valence-electron chi connectivity index (χ0n) is 13.1. The summed E-state index contributed by atoms with van der Waals surface area (Å²) in [6, 6.07) is 10.2. The zero-order valence-corrected chi connectivity index (χ0v) is 13.1. The highest BCUT2D eigenvalue weighted by molar-refractivity contribution is 6.21. The Bertz CT molecular complexity index is 739. The second-order valence-electron chi connectivity index (χ2n) is 5.51. The van der Waals surface area contributed by atoms with Crippen LogP contribution in [0.5, 0.6) is 0 Å². The highest BCUT2D eigenvalue weighted by atomic mass is 16.2. The lowest BCUT2D eigenvalue weighted by atomic mass is 10.1. The van der Waals surface area contributed by atoms with Crippen molar-refractivity contribution >= 4 is 17.7 Å². The maximum absolute atomic E-state index is 12.2. The van der Waals surface area contributed by atoms with Crippen molar-refractivity contribution in [1.29, 1.82) is 0 Å². The first kappa shape index (κ1) is 15.9. The van der Waals surface area contributed by atoms with E-state index in [2.05, 4.69) is 10.3 Å². The molecular weight excluding hydrogens is 306 g/mol. The van der Waals surface area contributed by atoms with Gasteiger partial charge in [-0.2, -0.15) is 0 Å². The zero-order chi connectivity index (χ0) is 16.9. The second-order valence-corrected chi connectivity index (χ2v) is 5.51. The van der Waals surface area contributed by atoms with Crippen LogP contribution < -0.4 is 5.32 Å². The summed E-state index contributed by atoms with van der Waals surface area (Å²) in [4.78, 5) is 41.4. The number of carbonyl (C=O) groups excluding carboxylic acids is 3. The van der Waals surface area contributed by atoms with Crippen LogP contribution in [-0.4, -0.2) is 40.7 Å². The number of amides is 3. The van der Waals surface area contributed by atoms with E-state index < -0.39 is 0 Å². The van der Waals surface area contributed by atoms with Crippen LogP contribution in [-0.2, 0) is 0 Å². The van der Waals surface area contributed by atoms with Gasteiger partial charge in [-0.05, 0) is 37.1 Å². The van der Waals surface area contributed by atoms with Crippen LogP contribution in [0.2, 0.25) is 0 Å². The van der Waals surface area contributed by atoms with Gasteiger partial charge in [-0.25, -0.2) is 0 Å². The van der Waals surface area contributed by atoms with Crippen molar-refractivity contribution in [3.63, 3.8) is 0 Å². The van der Waals surface area contributed by atoms with E-state index in [0.29, 0.717) is 42.6 Å². The minimum Gasteiger partial charge on any atom is -0.352 e. The Labute approximate surface area is 139 Å². The Hall–Kier alpha value is -3.02. The summed E-state index contributed by atoms with van der Waals surface area (Å²) in [5.74, 6) is -0.658. The van der Waals surface area contributed by atoms with Gasteiger partial charge in [0.15, 0.2) is 0 Å². The number of carbonyl (C=O) groups is 3. The summed E-state index contributed by atoms with van der Waals surface area (Å²) in [6.45, 7) is 0.839. The molecule has 1 aliphatic rings. The van der Waals surface area contributed by atoms with Gasteiger partial charge in [-0.1, -0.05) is 12.1 Å². The fourth-order valence-corrected chi connectivity index (χ4v) is 2.64. The fraction of sp³-hybridized carbons (Fsp3) is 0.222. The number of fused-ring (bicyclic) bond motifs is 1. The molecule has 0 unspecified atom stereocenters. The van der Waals surface area contributed by atoms with Crippen LogP contribution in [0.4, 0.5) is 0 Å². The first-order valence-electron chi connectivity index (χ1n) is 7.82. The minimum absolute atomic E-state index is 0.177. The predicted molar refractivity (Wildman–Crippen MR) is 87.6 cm³/mol. The predicted octanol–water partition coefficient (Wildman–Crippen LogP) is 1.89. The Morgan fingerprint density at radius 3 is 2.33 bits per heavy atom. The second kappa shape index (κ2) is 7.04. The Kier molecular flexibility index (Phi) is 4.65. The molecule has 24 heavy (non-hydrogen) atoms. The molecule has 3 amide bonds. The molecule has 6 nitrogen and oxygen atoms in total. The first-order valence-corrected chi connectivity index (χ1v) is 7.82. The number of hydrogen-bond acceptors (Lipinski definition) is 4. The number of rotatable bonds is 6. The van der Waals surface area contributed by atoms with Gasteiger partial charge in [-0.15, -0.1) is 0 Å². The van der Waals surface area contributed by atoms with Gasteiger partial charge in [0, 0.05) is 25.5 Å². The molecule has 1 aliphatic heterocycles. The fourth-order valence-electron chi connectivity index (χ4n) is 2.64. The van der Waals surface area contributed by atoms with E-state index in [0.717, 1.165) is 0 Å². The first-order chi connectivity index (χ1) is 11.7. The third-order valence-electron chi connectivity index (χ3n) is 3.90. The van der Waals surface area contributed by atoms with Crippen molar-refractivity contribution in [2.24, 2.45) is 0 Å². The van der Waals surface area contributed by atoms with E-state index in [9.17, 15) is 14.4 Å². The molecule has 0 aliphatic carbocycles. The molecule has 1 N–H and O–H groups in total. The third kappa shape index (κ3) is 3.17. The summed E-state index contributed by atoms with van der Waals surface area (Å²) in [5, 5.41) is 2.80. The van der Waals surface area contributed by atoms with E-state index >= 15 is 0 Å². The van der Waals surface area contributed by atoms with Crippen LogP contribution in [0.25, 0.3) is 0 Å². The summed E-state index contributed by atoms with van der Waals surface area (Å²) >= 11 is 0. The lowest BCUT2D eigenvalue weighted by Crippen LogP contribution is -2.31. The van der Waals surface area contributed by atoms with Gasteiger partial charge >= 0.3 is 0 Å². The summed E-state index contributed by atoms with van der Waals surface area (Å²) in [7, 11) is 0. The van der Waals surface area contributed by atoms with Gasteiger partial charge in [0.25, 0.3) is 17.7 Å². The molecule has 0 bridgehead atoms. The summed E-state index contributed by atoms with van der Waals surface area (Å²) < 4.78 is 0. The van der Waals surface area contributed by atoms with Crippen molar-refractivity contribution in [2.45, 2.75) is 12.8 Å². The Morgan fingerprint density at radius 2 is 1.71 bits per heavy atom. The van der Waals surface area contributed by atoms with Crippen LogP contribution >= 0.6 is 0 Å². The molecule has 2 heterocycles. The van der Waals surface area contributed by atoms with E-state index in [1.165, 1.54) is 11.1 Å². The topological polar surface area (TPSA) is 79.4 Å². The summed E-state index contributed by atoms with van der Waals surface area (Å²) in [6.07, 6.45) is 4.44. The summed E-state index contributed by atoms with van der Waals surface area (Å²) in [5.41, 5.74) is 1.44. The van der Waals surface area contributed by atoms with Gasteiger partial charge in [0.05, 0.1) is 16.7 Å². The molecule has 0 atom stereocenters. The van der Waals surface area contributed by atoms with Crippen molar-refractivity contribution in [3.05, 3.63) is 65.5 Å². The lowest BCUT2D eigenvalue weighted by molar-refractivity contribution is 0.0650. The maximum atomic E-state index is 12.2. The average molecular weight is 323 g/mol. The molecule has 1 aromatic heterocycles. The number of pyridine rings is 1. The highest BCUT2D eigenvalue weighted by Gasteiger charge is 2.34. The number of imide groups is 1. The quantitative estimate of drug-likeness (QED) is 0.650. The number of nitrogens with zero attached hydrogens (tertiary/aromatic N) is 2. The smallest absolute Gasteiger partial charge is 0.261 e. The Morgan fingerprint density at radius 1 is 1.00 bits per heavy atom. The van der Waals surface area contributed by atoms with Gasteiger partial charge < -0.3 is 5.32 Å². The molecule has 0 saturated carbocycles. The largest absolute Gasteiger partial charge is 0.352 e. The molecule has 122 valence electrons. The standard InChI is InChI=1S/C18H17N3O3/c22-16(13-6-5-9-19-12-13)20-10-3-4-11-21-17(23)14-7-1-2-8-15(14)18(21)24/h1-2,5-9,12H,3-4,10-11H2,(H,20,22). The van der Waals surface area contributed by atoms with E-state index in [1.807, 2.05) is 0 Å². The number of nitrogens with one attached hydrogen (secondary N) is 1. The molecule has 1 aromatic carbocycles. The highest BCUT2D eigenvalue weighted by Crippen LogP contribution is 2.22. The molecule has 0 radical (unpaired) electrons. The molecule has 2 aromatic rings. The normalized spacial score (nSPS) is 13.1. The minimum atomic E-state index is -0.241. The third-order valence-corrected chi connectivity index (χ3v) is 3.90. The van der Waals surface area contributed by atoms with E-state index in [1.54, 1.807) is 42.6 Å². The van der Waals surface area contributed by atoms with Crippen molar-refractivity contribution < 1.29 is 14.4 Å². The van der Waals surface area contributed by atoms with Crippen molar-refractivity contribution in [3.8, 4) is 0 Å². The monoisotopic (exact) mass is 323 g/mol. The molecule has 3 rings (SSSR count).